The van der Waals surface area contributed by atoms with Gasteiger partial charge in [-0.05, 0) is 26.0 Å². The van der Waals surface area contributed by atoms with Gasteiger partial charge in [0.2, 0.25) is 0 Å². The highest BCUT2D eigenvalue weighted by Gasteiger charge is 2.21. The largest absolute Gasteiger partial charge is 0.480 e. The predicted octanol–water partition coefficient (Wildman–Crippen LogP) is 1.74. The van der Waals surface area contributed by atoms with Crippen molar-refractivity contribution in [3.8, 4) is 0 Å². The van der Waals surface area contributed by atoms with Crippen molar-refractivity contribution < 1.29 is 14.7 Å². The molecule has 0 saturated heterocycles. The zero-order chi connectivity index (χ0) is 13.9. The Kier molecular flexibility index (Phi) is 4.55. The number of primary amides is 1. The monoisotopic (exact) mass is 270 g/mol. The van der Waals surface area contributed by atoms with Gasteiger partial charge in [-0.3, -0.25) is 9.59 Å². The highest BCUT2D eigenvalue weighted by molar-refractivity contribution is 6.34. The number of amides is 1. The van der Waals surface area contributed by atoms with E-state index in [1.54, 1.807) is 23.1 Å². The molecule has 0 saturated carbocycles. The number of hydrogen-bond acceptors (Lipinski definition) is 3. The molecule has 3 N–H and O–H groups in total. The lowest BCUT2D eigenvalue weighted by atomic mass is 10.1. The van der Waals surface area contributed by atoms with Gasteiger partial charge in [0.25, 0.3) is 5.91 Å². The summed E-state index contributed by atoms with van der Waals surface area (Å²) in [4.78, 5) is 23.8. The van der Waals surface area contributed by atoms with Crippen LogP contribution in [0.5, 0.6) is 0 Å². The lowest BCUT2D eigenvalue weighted by Crippen LogP contribution is -2.37. The van der Waals surface area contributed by atoms with Crippen molar-refractivity contribution in [3.05, 3.63) is 28.8 Å². The van der Waals surface area contributed by atoms with Gasteiger partial charge in [0.05, 0.1) is 16.3 Å². The summed E-state index contributed by atoms with van der Waals surface area (Å²) in [5, 5.41) is 9.12. The van der Waals surface area contributed by atoms with Crippen LogP contribution in [0, 0.1) is 0 Å². The molecule has 0 atom stereocenters. The molecule has 98 valence electrons. The van der Waals surface area contributed by atoms with Crippen molar-refractivity contribution in [1.29, 1.82) is 0 Å². The average molecular weight is 271 g/mol. The lowest BCUT2D eigenvalue weighted by Gasteiger charge is -2.28. The molecule has 0 aromatic heterocycles. The molecule has 0 aliphatic rings. The van der Waals surface area contributed by atoms with Crippen molar-refractivity contribution in [2.24, 2.45) is 5.73 Å². The maximum absolute atomic E-state index is 11.4. The molecule has 0 aliphatic carbocycles. The molecule has 1 amide bonds. The Morgan fingerprint density at radius 2 is 2.06 bits per heavy atom. The van der Waals surface area contributed by atoms with E-state index >= 15 is 0 Å². The zero-order valence-corrected chi connectivity index (χ0v) is 10.9. The van der Waals surface area contributed by atoms with Gasteiger partial charge in [0, 0.05) is 6.04 Å². The van der Waals surface area contributed by atoms with Gasteiger partial charge in [-0.2, -0.15) is 0 Å². The van der Waals surface area contributed by atoms with Gasteiger partial charge in [0.1, 0.15) is 6.54 Å². The van der Waals surface area contributed by atoms with Gasteiger partial charge in [-0.15, -0.1) is 0 Å². The first-order chi connectivity index (χ1) is 8.34. The fraction of sp³-hybridized carbons (Fsp3) is 0.333. The van der Waals surface area contributed by atoms with Crippen LogP contribution in [-0.2, 0) is 4.79 Å². The maximum Gasteiger partial charge on any atom is 0.323 e. The van der Waals surface area contributed by atoms with E-state index in [1.807, 2.05) is 13.8 Å². The molecule has 1 aromatic carbocycles. The molecular weight excluding hydrogens is 256 g/mol. The summed E-state index contributed by atoms with van der Waals surface area (Å²) in [5.41, 5.74) is 5.87. The Balaban J connectivity index is 3.32. The fourth-order valence-corrected chi connectivity index (χ4v) is 1.95. The number of aliphatic carboxylic acids is 1. The number of benzene rings is 1. The molecule has 0 unspecified atom stereocenters. The van der Waals surface area contributed by atoms with Crippen LogP contribution in [0.2, 0.25) is 5.02 Å². The number of carbonyl (C=O) groups is 2. The van der Waals surface area contributed by atoms with Gasteiger partial charge < -0.3 is 15.7 Å². The fourth-order valence-electron chi connectivity index (χ4n) is 1.69. The van der Waals surface area contributed by atoms with Crippen LogP contribution in [-0.4, -0.2) is 29.6 Å². The smallest absolute Gasteiger partial charge is 0.323 e. The summed E-state index contributed by atoms with van der Waals surface area (Å²) >= 11 is 5.93. The van der Waals surface area contributed by atoms with Gasteiger partial charge in [0.15, 0.2) is 0 Å². The van der Waals surface area contributed by atoms with E-state index in [4.69, 9.17) is 22.4 Å². The van der Waals surface area contributed by atoms with Gasteiger partial charge >= 0.3 is 5.97 Å². The molecule has 0 aliphatic heterocycles. The van der Waals surface area contributed by atoms with E-state index < -0.39 is 11.9 Å². The molecule has 0 radical (unpaired) electrons. The Morgan fingerprint density at radius 1 is 1.44 bits per heavy atom. The summed E-state index contributed by atoms with van der Waals surface area (Å²) in [6, 6.07) is 4.73. The standard InChI is InChI=1S/C12H15ClN2O3/c1-7(2)15(6-10(16)17)9-5-3-4-8(13)11(9)12(14)18/h3-5,7H,6H2,1-2H3,(H2,14,18)(H,16,17). The molecule has 0 bridgehead atoms. The number of carboxylic acid groups (broad SMARTS) is 1. The summed E-state index contributed by atoms with van der Waals surface area (Å²) in [7, 11) is 0. The number of halogens is 1. The maximum atomic E-state index is 11.4. The first-order valence-electron chi connectivity index (χ1n) is 5.41. The second-order valence-corrected chi connectivity index (χ2v) is 4.52. The van der Waals surface area contributed by atoms with Crippen LogP contribution in [0.4, 0.5) is 5.69 Å². The van der Waals surface area contributed by atoms with E-state index in [0.29, 0.717) is 5.69 Å². The Labute approximate surface area is 110 Å². The molecule has 0 heterocycles. The topological polar surface area (TPSA) is 83.6 Å². The van der Waals surface area contributed by atoms with E-state index in [2.05, 4.69) is 0 Å². The second-order valence-electron chi connectivity index (χ2n) is 4.11. The quantitative estimate of drug-likeness (QED) is 0.854. The average Bonchev–Trinajstić information content (AvgIpc) is 2.24. The van der Waals surface area contributed by atoms with Crippen LogP contribution in [0.3, 0.4) is 0 Å². The van der Waals surface area contributed by atoms with E-state index in [1.165, 1.54) is 0 Å². The Morgan fingerprint density at radius 3 is 2.50 bits per heavy atom. The zero-order valence-electron chi connectivity index (χ0n) is 10.2. The third-order valence-corrected chi connectivity index (χ3v) is 2.79. The number of carboxylic acids is 1. The molecule has 6 heteroatoms. The molecule has 5 nitrogen and oxygen atoms in total. The third-order valence-electron chi connectivity index (χ3n) is 2.48. The van der Waals surface area contributed by atoms with Crippen molar-refractivity contribution in [3.63, 3.8) is 0 Å². The van der Waals surface area contributed by atoms with E-state index in [-0.39, 0.29) is 23.2 Å². The minimum absolute atomic E-state index is 0.0994. The van der Waals surface area contributed by atoms with Gasteiger partial charge in [-0.25, -0.2) is 0 Å². The summed E-state index contributed by atoms with van der Waals surface area (Å²) < 4.78 is 0. The number of nitrogens with two attached hydrogens (primary N) is 1. The Hall–Kier alpha value is -1.75. The van der Waals surface area contributed by atoms with Crippen LogP contribution in [0.15, 0.2) is 18.2 Å². The number of hydrogen-bond donors (Lipinski definition) is 2. The van der Waals surface area contributed by atoms with E-state index in [9.17, 15) is 9.59 Å². The number of anilines is 1. The van der Waals surface area contributed by atoms with E-state index in [0.717, 1.165) is 0 Å². The Bertz CT molecular complexity index is 474. The lowest BCUT2D eigenvalue weighted by molar-refractivity contribution is -0.135. The normalized spacial score (nSPS) is 10.4. The van der Waals surface area contributed by atoms with Crippen molar-refractivity contribution >= 4 is 29.2 Å². The van der Waals surface area contributed by atoms with Crippen molar-refractivity contribution in [1.82, 2.24) is 0 Å². The second kappa shape index (κ2) is 5.73. The predicted molar refractivity (Wildman–Crippen MR) is 70.1 cm³/mol. The minimum Gasteiger partial charge on any atom is -0.480 e. The molecule has 1 rings (SSSR count). The highest BCUT2D eigenvalue weighted by atomic mass is 35.5. The SMILES string of the molecule is CC(C)N(CC(=O)O)c1cccc(Cl)c1C(N)=O. The highest BCUT2D eigenvalue weighted by Crippen LogP contribution is 2.28. The number of rotatable bonds is 5. The third kappa shape index (κ3) is 3.13. The van der Waals surface area contributed by atoms with Crippen molar-refractivity contribution in [2.75, 3.05) is 11.4 Å². The molecule has 0 fully saturated rings. The first kappa shape index (κ1) is 14.3. The molecule has 18 heavy (non-hydrogen) atoms. The van der Waals surface area contributed by atoms with Crippen molar-refractivity contribution in [2.45, 2.75) is 19.9 Å². The molecule has 1 aromatic rings. The number of carbonyl (C=O) groups excluding carboxylic acids is 1. The van der Waals surface area contributed by atoms with Gasteiger partial charge in [-0.1, -0.05) is 17.7 Å². The van der Waals surface area contributed by atoms with Crippen LogP contribution in [0.1, 0.15) is 24.2 Å². The summed E-state index contributed by atoms with van der Waals surface area (Å²) in [6.45, 7) is 3.43. The minimum atomic E-state index is -0.987. The molecular formula is C12H15ClN2O3. The van der Waals surface area contributed by atoms with Crippen LogP contribution in [0.25, 0.3) is 0 Å². The summed E-state index contributed by atoms with van der Waals surface area (Å²) in [5.74, 6) is -1.66. The number of nitrogens with zero attached hydrogens (tertiary/aromatic N) is 1. The summed E-state index contributed by atoms with van der Waals surface area (Å²) in [6.07, 6.45) is 0. The molecule has 0 spiro atoms. The van der Waals surface area contributed by atoms with Crippen LogP contribution >= 0.6 is 11.6 Å². The van der Waals surface area contributed by atoms with Crippen LogP contribution < -0.4 is 10.6 Å². The first-order valence-corrected chi connectivity index (χ1v) is 5.79.